The summed E-state index contributed by atoms with van der Waals surface area (Å²) < 4.78 is 1.18. The van der Waals surface area contributed by atoms with Gasteiger partial charge < -0.3 is 5.32 Å². The van der Waals surface area contributed by atoms with E-state index in [1.807, 2.05) is 6.20 Å². The molecule has 1 atom stereocenters. The molecule has 118 valence electrons. The molecule has 1 aliphatic rings. The van der Waals surface area contributed by atoms with Gasteiger partial charge in [-0.25, -0.2) is 4.98 Å². The molecule has 23 heavy (non-hydrogen) atoms. The number of aryl methyl sites for hydroxylation is 2. The van der Waals surface area contributed by atoms with Crippen LogP contribution in [0.5, 0.6) is 0 Å². The number of carbonyl (C=O) groups is 1. The van der Waals surface area contributed by atoms with E-state index in [9.17, 15) is 9.59 Å². The highest BCUT2D eigenvalue weighted by molar-refractivity contribution is 5.93. The fourth-order valence-corrected chi connectivity index (χ4v) is 2.91. The SMILES string of the molecule is Cc1nc2ncc(C(=O)N[C@@H]3CCc4cn[nH]c4C3)c(=O)n2[nH]1. The lowest BCUT2D eigenvalue weighted by Crippen LogP contribution is -2.41. The molecule has 0 bridgehead atoms. The number of aromatic nitrogens is 6. The largest absolute Gasteiger partial charge is 0.349 e. The summed E-state index contributed by atoms with van der Waals surface area (Å²) in [5, 5.41) is 12.6. The van der Waals surface area contributed by atoms with E-state index in [2.05, 4.69) is 30.6 Å². The van der Waals surface area contributed by atoms with E-state index in [1.54, 1.807) is 6.92 Å². The average Bonchev–Trinajstić information content (AvgIpc) is 3.13. The molecule has 0 aliphatic heterocycles. The third-order valence-corrected chi connectivity index (χ3v) is 4.08. The topological polar surface area (TPSA) is 121 Å². The van der Waals surface area contributed by atoms with Gasteiger partial charge in [0.1, 0.15) is 11.4 Å². The average molecular weight is 313 g/mol. The first-order chi connectivity index (χ1) is 11.1. The molecule has 0 spiro atoms. The smallest absolute Gasteiger partial charge is 0.286 e. The molecular weight excluding hydrogens is 298 g/mol. The molecule has 0 aromatic carbocycles. The minimum absolute atomic E-state index is 0.00144. The number of carbonyl (C=O) groups excluding carboxylic acids is 1. The molecule has 9 nitrogen and oxygen atoms in total. The Morgan fingerprint density at radius 3 is 3.17 bits per heavy atom. The van der Waals surface area contributed by atoms with Crippen molar-refractivity contribution in [3.8, 4) is 0 Å². The summed E-state index contributed by atoms with van der Waals surface area (Å²) in [7, 11) is 0. The van der Waals surface area contributed by atoms with Gasteiger partial charge in [0, 0.05) is 24.4 Å². The van der Waals surface area contributed by atoms with Crippen molar-refractivity contribution in [1.82, 2.24) is 35.1 Å². The van der Waals surface area contributed by atoms with Crippen molar-refractivity contribution in [1.29, 1.82) is 0 Å². The van der Waals surface area contributed by atoms with Crippen LogP contribution in [-0.4, -0.2) is 41.7 Å². The first kappa shape index (κ1) is 13.7. The minimum Gasteiger partial charge on any atom is -0.349 e. The number of nitrogens with one attached hydrogen (secondary N) is 3. The number of rotatable bonds is 2. The second-order valence-electron chi connectivity index (χ2n) is 5.71. The van der Waals surface area contributed by atoms with Gasteiger partial charge in [0.15, 0.2) is 0 Å². The highest BCUT2D eigenvalue weighted by Crippen LogP contribution is 2.18. The molecule has 1 amide bonds. The molecule has 3 heterocycles. The third-order valence-electron chi connectivity index (χ3n) is 4.08. The van der Waals surface area contributed by atoms with Crippen LogP contribution >= 0.6 is 0 Å². The summed E-state index contributed by atoms with van der Waals surface area (Å²) in [6, 6.07) is -0.0287. The van der Waals surface area contributed by atoms with Crippen molar-refractivity contribution in [2.75, 3.05) is 0 Å². The Kier molecular flexibility index (Phi) is 3.00. The summed E-state index contributed by atoms with van der Waals surface area (Å²) in [5.74, 6) is 0.396. The van der Waals surface area contributed by atoms with Crippen LogP contribution in [0.1, 0.15) is 33.9 Å². The number of nitrogens with zero attached hydrogens (tertiary/aromatic N) is 4. The number of hydrogen-bond acceptors (Lipinski definition) is 5. The van der Waals surface area contributed by atoms with E-state index in [0.717, 1.165) is 18.5 Å². The Bertz CT molecular complexity index is 952. The van der Waals surface area contributed by atoms with Crippen LogP contribution in [-0.2, 0) is 12.8 Å². The first-order valence-electron chi connectivity index (χ1n) is 7.38. The Morgan fingerprint density at radius 1 is 1.43 bits per heavy atom. The Hall–Kier alpha value is -2.97. The summed E-state index contributed by atoms with van der Waals surface area (Å²) in [6.45, 7) is 1.72. The highest BCUT2D eigenvalue weighted by atomic mass is 16.2. The van der Waals surface area contributed by atoms with E-state index in [-0.39, 0.29) is 17.4 Å². The molecule has 0 saturated heterocycles. The van der Waals surface area contributed by atoms with E-state index in [4.69, 9.17) is 0 Å². The molecule has 3 aromatic rings. The van der Waals surface area contributed by atoms with Crippen LogP contribution in [0.4, 0.5) is 0 Å². The zero-order valence-electron chi connectivity index (χ0n) is 12.5. The summed E-state index contributed by atoms with van der Waals surface area (Å²) in [6.07, 6.45) is 5.45. The maximum Gasteiger partial charge on any atom is 0.286 e. The molecular formula is C14H15N7O2. The standard InChI is InChI=1S/C14H15N7O2/c1-7-17-14-15-6-10(13(23)21(14)20-7)12(22)18-9-3-2-8-5-16-19-11(8)4-9/h5-6,9H,2-4H2,1H3,(H,16,19)(H,18,22)(H,15,17,20)/t9-/m1/s1. The quantitative estimate of drug-likeness (QED) is 0.602. The van der Waals surface area contributed by atoms with Gasteiger partial charge in [-0.05, 0) is 25.3 Å². The van der Waals surface area contributed by atoms with E-state index in [0.29, 0.717) is 12.2 Å². The van der Waals surface area contributed by atoms with Crippen LogP contribution in [0.25, 0.3) is 5.78 Å². The second kappa shape index (κ2) is 5.04. The first-order valence-corrected chi connectivity index (χ1v) is 7.38. The number of hydrogen-bond donors (Lipinski definition) is 3. The van der Waals surface area contributed by atoms with Gasteiger partial charge in [-0.1, -0.05) is 0 Å². The minimum atomic E-state index is -0.453. The number of H-pyrrole nitrogens is 2. The second-order valence-corrected chi connectivity index (χ2v) is 5.71. The fraction of sp³-hybridized carbons (Fsp3) is 0.357. The van der Waals surface area contributed by atoms with Crippen molar-refractivity contribution in [2.45, 2.75) is 32.2 Å². The van der Waals surface area contributed by atoms with Crippen molar-refractivity contribution in [3.63, 3.8) is 0 Å². The molecule has 0 unspecified atom stereocenters. The van der Waals surface area contributed by atoms with Crippen LogP contribution in [0, 0.1) is 6.92 Å². The van der Waals surface area contributed by atoms with Gasteiger partial charge in [-0.15, -0.1) is 0 Å². The van der Waals surface area contributed by atoms with Gasteiger partial charge in [0.05, 0.1) is 6.20 Å². The lowest BCUT2D eigenvalue weighted by atomic mass is 9.93. The van der Waals surface area contributed by atoms with Crippen LogP contribution in [0.2, 0.25) is 0 Å². The third kappa shape index (κ3) is 2.30. The van der Waals surface area contributed by atoms with Crippen molar-refractivity contribution >= 4 is 11.7 Å². The molecule has 0 saturated carbocycles. The summed E-state index contributed by atoms with van der Waals surface area (Å²) in [4.78, 5) is 32.9. The maximum atomic E-state index is 12.4. The van der Waals surface area contributed by atoms with Gasteiger partial charge in [0.2, 0.25) is 0 Å². The molecule has 0 radical (unpaired) electrons. The molecule has 3 aromatic heterocycles. The zero-order chi connectivity index (χ0) is 16.0. The lowest BCUT2D eigenvalue weighted by molar-refractivity contribution is 0.0931. The predicted molar refractivity (Wildman–Crippen MR) is 80.2 cm³/mol. The number of aromatic amines is 2. The monoisotopic (exact) mass is 313 g/mol. The van der Waals surface area contributed by atoms with Crippen LogP contribution in [0.15, 0.2) is 17.2 Å². The lowest BCUT2D eigenvalue weighted by Gasteiger charge is -2.22. The summed E-state index contributed by atoms with van der Waals surface area (Å²) >= 11 is 0. The zero-order valence-corrected chi connectivity index (χ0v) is 12.5. The Balaban J connectivity index is 1.58. The van der Waals surface area contributed by atoms with Crippen molar-refractivity contribution < 1.29 is 4.79 Å². The van der Waals surface area contributed by atoms with Crippen LogP contribution in [0.3, 0.4) is 0 Å². The molecule has 3 N–H and O–H groups in total. The van der Waals surface area contributed by atoms with Crippen LogP contribution < -0.4 is 10.9 Å². The normalized spacial score (nSPS) is 17.2. The predicted octanol–water partition coefficient (Wildman–Crippen LogP) is -0.264. The summed E-state index contributed by atoms with van der Waals surface area (Å²) in [5.41, 5.74) is 1.77. The molecule has 4 rings (SSSR count). The molecule has 1 aliphatic carbocycles. The highest BCUT2D eigenvalue weighted by Gasteiger charge is 2.23. The molecule has 0 fully saturated rings. The van der Waals surface area contributed by atoms with E-state index in [1.165, 1.54) is 16.3 Å². The maximum absolute atomic E-state index is 12.4. The number of fused-ring (bicyclic) bond motifs is 2. The van der Waals surface area contributed by atoms with E-state index < -0.39 is 11.5 Å². The van der Waals surface area contributed by atoms with Gasteiger partial charge in [0.25, 0.3) is 17.2 Å². The number of amides is 1. The van der Waals surface area contributed by atoms with Gasteiger partial charge in [-0.3, -0.25) is 19.8 Å². The Morgan fingerprint density at radius 2 is 2.30 bits per heavy atom. The van der Waals surface area contributed by atoms with Gasteiger partial charge in [-0.2, -0.15) is 14.6 Å². The molecule has 9 heteroatoms. The van der Waals surface area contributed by atoms with Crippen molar-refractivity contribution in [3.05, 3.63) is 45.4 Å². The Labute approximate surface area is 130 Å². The van der Waals surface area contributed by atoms with Crippen molar-refractivity contribution in [2.24, 2.45) is 0 Å². The van der Waals surface area contributed by atoms with Gasteiger partial charge >= 0.3 is 0 Å². The van der Waals surface area contributed by atoms with E-state index >= 15 is 0 Å². The fourth-order valence-electron chi connectivity index (χ4n) is 2.91.